The van der Waals surface area contributed by atoms with E-state index in [1.165, 1.54) is 44.6 Å². The first-order chi connectivity index (χ1) is 9.15. The van der Waals surface area contributed by atoms with E-state index in [-0.39, 0.29) is 11.9 Å². The molecule has 1 nitrogen and oxygen atoms in total. The predicted molar refractivity (Wildman–Crippen MR) is 80.7 cm³/mol. The average molecular weight is 265 g/mol. The molecule has 2 heteroatoms. The third-order valence-electron chi connectivity index (χ3n) is 3.76. The van der Waals surface area contributed by atoms with Crippen LogP contribution in [0.5, 0.6) is 0 Å². The molecule has 0 spiro atoms. The van der Waals surface area contributed by atoms with Crippen LogP contribution in [-0.4, -0.2) is 0 Å². The van der Waals surface area contributed by atoms with Crippen LogP contribution in [0.3, 0.4) is 0 Å². The molecule has 19 heavy (non-hydrogen) atoms. The van der Waals surface area contributed by atoms with Gasteiger partial charge in [-0.3, -0.25) is 0 Å². The number of rotatable bonds is 9. The van der Waals surface area contributed by atoms with E-state index in [1.54, 1.807) is 6.07 Å². The number of halogens is 1. The van der Waals surface area contributed by atoms with Gasteiger partial charge in [-0.25, -0.2) is 4.39 Å². The molecule has 1 aromatic rings. The van der Waals surface area contributed by atoms with Gasteiger partial charge in [-0.1, -0.05) is 57.9 Å². The highest BCUT2D eigenvalue weighted by molar-refractivity contribution is 5.29. The summed E-state index contributed by atoms with van der Waals surface area (Å²) in [4.78, 5) is 0. The van der Waals surface area contributed by atoms with E-state index < -0.39 is 0 Å². The van der Waals surface area contributed by atoms with Crippen LogP contribution in [0, 0.1) is 12.7 Å². The zero-order chi connectivity index (χ0) is 14.1. The molecule has 1 unspecified atom stereocenters. The normalized spacial score (nSPS) is 12.6. The lowest BCUT2D eigenvalue weighted by molar-refractivity contribution is 0.537. The summed E-state index contributed by atoms with van der Waals surface area (Å²) in [6.07, 6.45) is 9.97. The summed E-state index contributed by atoms with van der Waals surface area (Å²) in [7, 11) is 0. The minimum Gasteiger partial charge on any atom is -0.324 e. The standard InChI is InChI=1S/C17H28FN/c1-3-4-5-6-7-8-9-10-17(19)16-13-15(18)12-11-14(16)2/h11-13,17H,3-10,19H2,1-2H3. The maximum absolute atomic E-state index is 13.2. The van der Waals surface area contributed by atoms with Crippen LogP contribution < -0.4 is 5.73 Å². The van der Waals surface area contributed by atoms with Crippen molar-refractivity contribution < 1.29 is 4.39 Å². The summed E-state index contributed by atoms with van der Waals surface area (Å²) in [6.45, 7) is 4.24. The Bertz CT molecular complexity index is 362. The third-order valence-corrected chi connectivity index (χ3v) is 3.76. The number of unbranched alkanes of at least 4 members (excludes halogenated alkanes) is 6. The SMILES string of the molecule is CCCCCCCCCC(N)c1cc(F)ccc1C. The van der Waals surface area contributed by atoms with E-state index in [0.29, 0.717) is 0 Å². The van der Waals surface area contributed by atoms with Gasteiger partial charge >= 0.3 is 0 Å². The second-order valence-corrected chi connectivity index (χ2v) is 5.52. The molecule has 0 aromatic heterocycles. The van der Waals surface area contributed by atoms with Gasteiger partial charge in [0.15, 0.2) is 0 Å². The van der Waals surface area contributed by atoms with E-state index in [0.717, 1.165) is 24.0 Å². The van der Waals surface area contributed by atoms with Crippen LogP contribution in [0.15, 0.2) is 18.2 Å². The predicted octanol–water partition coefficient (Wildman–Crippen LogP) is 5.27. The highest BCUT2D eigenvalue weighted by Crippen LogP contribution is 2.22. The van der Waals surface area contributed by atoms with Crippen molar-refractivity contribution in [2.75, 3.05) is 0 Å². The van der Waals surface area contributed by atoms with Crippen molar-refractivity contribution in [1.82, 2.24) is 0 Å². The summed E-state index contributed by atoms with van der Waals surface area (Å²) >= 11 is 0. The summed E-state index contributed by atoms with van der Waals surface area (Å²) < 4.78 is 13.2. The van der Waals surface area contributed by atoms with Crippen LogP contribution in [-0.2, 0) is 0 Å². The fraction of sp³-hybridized carbons (Fsp3) is 0.647. The van der Waals surface area contributed by atoms with E-state index >= 15 is 0 Å². The minimum absolute atomic E-state index is 0.0219. The number of benzene rings is 1. The molecule has 0 aliphatic carbocycles. The molecular formula is C17H28FN. The largest absolute Gasteiger partial charge is 0.324 e. The van der Waals surface area contributed by atoms with E-state index in [1.807, 2.05) is 13.0 Å². The van der Waals surface area contributed by atoms with Gasteiger partial charge in [0.1, 0.15) is 5.82 Å². The Morgan fingerprint density at radius 3 is 2.37 bits per heavy atom. The van der Waals surface area contributed by atoms with Gasteiger partial charge in [-0.05, 0) is 36.6 Å². The molecule has 0 saturated heterocycles. The monoisotopic (exact) mass is 265 g/mol. The lowest BCUT2D eigenvalue weighted by atomic mass is 9.96. The molecule has 0 aliphatic heterocycles. The lowest BCUT2D eigenvalue weighted by Crippen LogP contribution is -2.12. The van der Waals surface area contributed by atoms with E-state index in [4.69, 9.17) is 5.73 Å². The van der Waals surface area contributed by atoms with Gasteiger partial charge in [-0.2, -0.15) is 0 Å². The smallest absolute Gasteiger partial charge is 0.123 e. The van der Waals surface area contributed by atoms with Crippen molar-refractivity contribution in [3.05, 3.63) is 35.1 Å². The van der Waals surface area contributed by atoms with Crippen LogP contribution in [0.4, 0.5) is 4.39 Å². The molecule has 0 bridgehead atoms. The average Bonchev–Trinajstić information content (AvgIpc) is 2.40. The van der Waals surface area contributed by atoms with Crippen molar-refractivity contribution in [2.45, 2.75) is 71.3 Å². The Morgan fingerprint density at radius 2 is 1.68 bits per heavy atom. The number of hydrogen-bond acceptors (Lipinski definition) is 1. The molecule has 1 rings (SSSR count). The summed E-state index contributed by atoms with van der Waals surface area (Å²) in [5.41, 5.74) is 8.22. The lowest BCUT2D eigenvalue weighted by Gasteiger charge is -2.14. The van der Waals surface area contributed by atoms with Crippen molar-refractivity contribution in [3.8, 4) is 0 Å². The van der Waals surface area contributed by atoms with Crippen molar-refractivity contribution in [1.29, 1.82) is 0 Å². The molecule has 0 aliphatic rings. The molecule has 1 aromatic carbocycles. The second-order valence-electron chi connectivity index (χ2n) is 5.52. The molecular weight excluding hydrogens is 237 g/mol. The first-order valence-electron chi connectivity index (χ1n) is 7.66. The van der Waals surface area contributed by atoms with Crippen molar-refractivity contribution in [3.63, 3.8) is 0 Å². The van der Waals surface area contributed by atoms with Crippen LogP contribution in [0.25, 0.3) is 0 Å². The highest BCUT2D eigenvalue weighted by Gasteiger charge is 2.09. The number of nitrogens with two attached hydrogens (primary N) is 1. The molecule has 0 fully saturated rings. The fourth-order valence-corrected chi connectivity index (χ4v) is 2.49. The van der Waals surface area contributed by atoms with Gasteiger partial charge in [0.05, 0.1) is 0 Å². The molecule has 0 saturated carbocycles. The van der Waals surface area contributed by atoms with Gasteiger partial charge in [0.2, 0.25) is 0 Å². The zero-order valence-electron chi connectivity index (χ0n) is 12.4. The van der Waals surface area contributed by atoms with Crippen LogP contribution in [0.1, 0.15) is 75.5 Å². The number of hydrogen-bond donors (Lipinski definition) is 1. The molecule has 0 heterocycles. The molecule has 1 atom stereocenters. The van der Waals surface area contributed by atoms with E-state index in [2.05, 4.69) is 6.92 Å². The minimum atomic E-state index is -0.185. The Hall–Kier alpha value is -0.890. The topological polar surface area (TPSA) is 26.0 Å². The Kier molecular flexibility index (Phi) is 7.73. The first kappa shape index (κ1) is 16.2. The molecule has 0 radical (unpaired) electrons. The Morgan fingerprint density at radius 1 is 1.05 bits per heavy atom. The maximum atomic E-state index is 13.2. The van der Waals surface area contributed by atoms with Gasteiger partial charge in [-0.15, -0.1) is 0 Å². The van der Waals surface area contributed by atoms with Crippen LogP contribution in [0.2, 0.25) is 0 Å². The van der Waals surface area contributed by atoms with Crippen LogP contribution >= 0.6 is 0 Å². The van der Waals surface area contributed by atoms with Gasteiger partial charge in [0, 0.05) is 6.04 Å². The Labute approximate surface area is 117 Å². The first-order valence-corrected chi connectivity index (χ1v) is 7.66. The van der Waals surface area contributed by atoms with Gasteiger partial charge in [0.25, 0.3) is 0 Å². The van der Waals surface area contributed by atoms with E-state index in [9.17, 15) is 4.39 Å². The zero-order valence-corrected chi connectivity index (χ0v) is 12.4. The summed E-state index contributed by atoms with van der Waals surface area (Å²) in [5.74, 6) is -0.185. The number of aryl methyl sites for hydroxylation is 1. The third kappa shape index (κ3) is 6.20. The second kappa shape index (κ2) is 9.08. The highest BCUT2D eigenvalue weighted by atomic mass is 19.1. The van der Waals surface area contributed by atoms with Crippen molar-refractivity contribution in [2.24, 2.45) is 5.73 Å². The molecule has 0 amide bonds. The summed E-state index contributed by atoms with van der Waals surface area (Å²) in [6, 6.07) is 4.88. The maximum Gasteiger partial charge on any atom is 0.123 e. The Balaban J connectivity index is 2.23. The van der Waals surface area contributed by atoms with Crippen molar-refractivity contribution >= 4 is 0 Å². The fourth-order valence-electron chi connectivity index (χ4n) is 2.49. The van der Waals surface area contributed by atoms with Gasteiger partial charge < -0.3 is 5.73 Å². The molecule has 2 N–H and O–H groups in total. The molecule has 108 valence electrons. The quantitative estimate of drug-likeness (QED) is 0.604. The summed E-state index contributed by atoms with van der Waals surface area (Å²) in [5, 5.41) is 0.